The summed E-state index contributed by atoms with van der Waals surface area (Å²) in [5, 5.41) is 9.02. The summed E-state index contributed by atoms with van der Waals surface area (Å²) in [6.45, 7) is 4.05. The molecule has 122 valence electrons. The normalized spacial score (nSPS) is 11.9. The van der Waals surface area contributed by atoms with Gasteiger partial charge >= 0.3 is 6.16 Å². The molecule has 3 heteroatoms. The second-order valence-electron chi connectivity index (χ2n) is 5.89. The van der Waals surface area contributed by atoms with Gasteiger partial charge in [0.2, 0.25) is 0 Å². The fraction of sp³-hybridized carbons (Fsp3) is 0.350. The van der Waals surface area contributed by atoms with E-state index in [9.17, 15) is 4.79 Å². The van der Waals surface area contributed by atoms with Crippen LogP contribution in [0.4, 0.5) is 4.79 Å². The highest BCUT2D eigenvalue weighted by Crippen LogP contribution is 2.28. The molecule has 1 atom stereocenters. The molecule has 0 amide bonds. The molecule has 0 aliphatic carbocycles. The van der Waals surface area contributed by atoms with Gasteiger partial charge in [-0.1, -0.05) is 48.5 Å². The number of rotatable bonds is 7. The summed E-state index contributed by atoms with van der Waals surface area (Å²) in [7, 11) is 0. The summed E-state index contributed by atoms with van der Waals surface area (Å²) < 4.78 is 5.14. The number of aryl methyl sites for hydroxylation is 2. The van der Waals surface area contributed by atoms with Gasteiger partial charge in [-0.25, -0.2) is 4.79 Å². The predicted octanol–water partition coefficient (Wildman–Crippen LogP) is 5.45. The van der Waals surface area contributed by atoms with E-state index in [4.69, 9.17) is 9.84 Å². The largest absolute Gasteiger partial charge is 0.506 e. The Morgan fingerprint density at radius 3 is 2.48 bits per heavy atom. The van der Waals surface area contributed by atoms with Crippen LogP contribution in [0.5, 0.6) is 0 Å². The van der Waals surface area contributed by atoms with Crippen molar-refractivity contribution in [2.45, 2.75) is 45.6 Å². The quantitative estimate of drug-likeness (QED) is 0.546. The van der Waals surface area contributed by atoms with E-state index < -0.39 is 6.16 Å². The van der Waals surface area contributed by atoms with Gasteiger partial charge in [-0.2, -0.15) is 0 Å². The molecule has 0 radical (unpaired) electrons. The van der Waals surface area contributed by atoms with Gasteiger partial charge in [-0.05, 0) is 61.8 Å². The summed E-state index contributed by atoms with van der Waals surface area (Å²) >= 11 is 0. The smallest absolute Gasteiger partial charge is 0.450 e. The van der Waals surface area contributed by atoms with Crippen molar-refractivity contribution >= 4 is 6.16 Å². The fourth-order valence-electron chi connectivity index (χ4n) is 2.83. The van der Waals surface area contributed by atoms with Crippen LogP contribution in [-0.2, 0) is 11.2 Å². The highest BCUT2D eigenvalue weighted by atomic mass is 16.7. The van der Waals surface area contributed by atoms with E-state index in [1.54, 1.807) is 0 Å². The predicted molar refractivity (Wildman–Crippen MR) is 91.8 cm³/mol. The van der Waals surface area contributed by atoms with Gasteiger partial charge in [0.15, 0.2) is 0 Å². The Kier molecular flexibility index (Phi) is 6.21. The molecular weight excluding hydrogens is 288 g/mol. The number of hydrogen-bond donors (Lipinski definition) is 1. The van der Waals surface area contributed by atoms with E-state index in [-0.39, 0.29) is 6.10 Å². The summed E-state index contributed by atoms with van der Waals surface area (Å²) in [4.78, 5) is 11.0. The highest BCUT2D eigenvalue weighted by molar-refractivity contribution is 5.57. The van der Waals surface area contributed by atoms with Crippen LogP contribution in [-0.4, -0.2) is 11.3 Å². The number of ether oxygens (including phenoxy) is 1. The lowest BCUT2D eigenvalue weighted by Crippen LogP contribution is -2.11. The van der Waals surface area contributed by atoms with Crippen molar-refractivity contribution in [1.82, 2.24) is 0 Å². The van der Waals surface area contributed by atoms with Gasteiger partial charge in [0.05, 0.1) is 0 Å². The molecule has 1 unspecified atom stereocenters. The van der Waals surface area contributed by atoms with Gasteiger partial charge in [0, 0.05) is 0 Å². The van der Waals surface area contributed by atoms with Crippen molar-refractivity contribution in [2.75, 3.05) is 0 Å². The Balaban J connectivity index is 1.96. The first-order valence-electron chi connectivity index (χ1n) is 8.07. The molecule has 2 rings (SSSR count). The maximum absolute atomic E-state index is 11.0. The minimum absolute atomic E-state index is 0.386. The molecule has 0 fully saturated rings. The summed E-state index contributed by atoms with van der Waals surface area (Å²) in [6.07, 6.45) is 2.08. The summed E-state index contributed by atoms with van der Waals surface area (Å²) in [5.74, 6) is 0. The molecule has 0 aromatic heterocycles. The van der Waals surface area contributed by atoms with Crippen molar-refractivity contribution in [3.05, 3.63) is 70.8 Å². The van der Waals surface area contributed by atoms with E-state index in [1.165, 1.54) is 5.56 Å². The molecule has 0 aliphatic heterocycles. The molecule has 1 N–H and O–H groups in total. The Labute approximate surface area is 137 Å². The third kappa shape index (κ3) is 5.13. The van der Waals surface area contributed by atoms with Crippen LogP contribution in [0.15, 0.2) is 48.5 Å². The zero-order chi connectivity index (χ0) is 16.7. The minimum Gasteiger partial charge on any atom is -0.450 e. The highest BCUT2D eigenvalue weighted by Gasteiger charge is 2.18. The van der Waals surface area contributed by atoms with Gasteiger partial charge < -0.3 is 9.84 Å². The summed E-state index contributed by atoms with van der Waals surface area (Å²) in [5.41, 5.74) is 4.56. The van der Waals surface area contributed by atoms with E-state index in [0.717, 1.165) is 36.0 Å². The Morgan fingerprint density at radius 2 is 1.78 bits per heavy atom. The first-order valence-corrected chi connectivity index (χ1v) is 8.07. The van der Waals surface area contributed by atoms with Crippen LogP contribution >= 0.6 is 0 Å². The van der Waals surface area contributed by atoms with Crippen LogP contribution in [0.2, 0.25) is 0 Å². The zero-order valence-electron chi connectivity index (χ0n) is 13.8. The maximum atomic E-state index is 11.0. The molecule has 0 aliphatic rings. The lowest BCUT2D eigenvalue weighted by molar-refractivity contribution is 0.0462. The SMILES string of the molecule is Cc1cccc(C(CCCCc2ccccc2)OC(=O)O)c1C. The lowest BCUT2D eigenvalue weighted by Gasteiger charge is -2.19. The molecule has 2 aromatic rings. The lowest BCUT2D eigenvalue weighted by atomic mass is 9.95. The molecule has 0 heterocycles. The number of carboxylic acid groups (broad SMARTS) is 1. The van der Waals surface area contributed by atoms with E-state index in [1.807, 2.05) is 50.2 Å². The average Bonchev–Trinajstić information content (AvgIpc) is 2.54. The first-order chi connectivity index (χ1) is 11.1. The number of benzene rings is 2. The second kappa shape index (κ2) is 8.37. The average molecular weight is 312 g/mol. The van der Waals surface area contributed by atoms with Crippen LogP contribution in [0.3, 0.4) is 0 Å². The zero-order valence-corrected chi connectivity index (χ0v) is 13.8. The Hall–Kier alpha value is -2.29. The third-order valence-electron chi connectivity index (χ3n) is 4.26. The van der Waals surface area contributed by atoms with Gasteiger partial charge in [-0.3, -0.25) is 0 Å². The van der Waals surface area contributed by atoms with E-state index in [0.29, 0.717) is 6.42 Å². The van der Waals surface area contributed by atoms with Crippen LogP contribution in [0.25, 0.3) is 0 Å². The third-order valence-corrected chi connectivity index (χ3v) is 4.26. The Morgan fingerprint density at radius 1 is 1.04 bits per heavy atom. The first kappa shape index (κ1) is 17.1. The van der Waals surface area contributed by atoms with Crippen molar-refractivity contribution in [3.63, 3.8) is 0 Å². The standard InChI is InChI=1S/C20H24O3/c1-15-9-8-13-18(16(15)2)19(23-20(21)22)14-7-6-12-17-10-4-3-5-11-17/h3-5,8-11,13,19H,6-7,12,14H2,1-2H3,(H,21,22). The number of hydrogen-bond acceptors (Lipinski definition) is 2. The van der Waals surface area contributed by atoms with Gasteiger partial charge in [-0.15, -0.1) is 0 Å². The van der Waals surface area contributed by atoms with Crippen LogP contribution in [0.1, 0.15) is 47.6 Å². The molecule has 23 heavy (non-hydrogen) atoms. The molecule has 0 bridgehead atoms. The van der Waals surface area contributed by atoms with Crippen molar-refractivity contribution < 1.29 is 14.6 Å². The van der Waals surface area contributed by atoms with E-state index in [2.05, 4.69) is 12.1 Å². The summed E-state index contributed by atoms with van der Waals surface area (Å²) in [6, 6.07) is 16.3. The fourth-order valence-corrected chi connectivity index (χ4v) is 2.83. The second-order valence-corrected chi connectivity index (χ2v) is 5.89. The number of carbonyl (C=O) groups is 1. The maximum Gasteiger partial charge on any atom is 0.506 e. The van der Waals surface area contributed by atoms with E-state index >= 15 is 0 Å². The topological polar surface area (TPSA) is 46.5 Å². The van der Waals surface area contributed by atoms with Crippen LogP contribution < -0.4 is 0 Å². The minimum atomic E-state index is -1.21. The van der Waals surface area contributed by atoms with Crippen molar-refractivity contribution in [3.8, 4) is 0 Å². The number of unbranched alkanes of at least 4 members (excludes halogenated alkanes) is 1. The monoisotopic (exact) mass is 312 g/mol. The molecule has 0 spiro atoms. The Bertz CT molecular complexity index is 635. The van der Waals surface area contributed by atoms with Crippen molar-refractivity contribution in [2.24, 2.45) is 0 Å². The van der Waals surface area contributed by atoms with Crippen LogP contribution in [0, 0.1) is 13.8 Å². The molecular formula is C20H24O3. The molecule has 2 aromatic carbocycles. The molecule has 0 saturated carbocycles. The molecule has 3 nitrogen and oxygen atoms in total. The van der Waals surface area contributed by atoms with Gasteiger partial charge in [0.25, 0.3) is 0 Å². The van der Waals surface area contributed by atoms with Gasteiger partial charge in [0.1, 0.15) is 6.10 Å². The molecule has 0 saturated heterocycles. The van der Waals surface area contributed by atoms with Crippen molar-refractivity contribution in [1.29, 1.82) is 0 Å².